The van der Waals surface area contributed by atoms with Gasteiger partial charge in [-0.3, -0.25) is 4.79 Å². The van der Waals surface area contributed by atoms with Crippen molar-refractivity contribution in [2.24, 2.45) is 0 Å². The second-order valence-electron chi connectivity index (χ2n) is 5.73. The third-order valence-electron chi connectivity index (χ3n) is 4.01. The number of benzene rings is 1. The summed E-state index contributed by atoms with van der Waals surface area (Å²) in [5.74, 6) is 1.79. The number of nitrogens with zero attached hydrogens (tertiary/aromatic N) is 1. The van der Waals surface area contributed by atoms with Gasteiger partial charge in [0.2, 0.25) is 5.75 Å². The number of thiophene rings is 1. The predicted octanol–water partition coefficient (Wildman–Crippen LogP) is 4.31. The highest BCUT2D eigenvalue weighted by Gasteiger charge is 2.22. The Labute approximate surface area is 153 Å². The molecule has 0 spiro atoms. The van der Waals surface area contributed by atoms with E-state index in [0.29, 0.717) is 28.7 Å². The van der Waals surface area contributed by atoms with Gasteiger partial charge in [-0.2, -0.15) is 0 Å². The second-order valence-corrected chi connectivity index (χ2v) is 6.81. The fraction of sp³-hybridized carbons (Fsp3) is 0.421. The van der Waals surface area contributed by atoms with Gasteiger partial charge in [0.05, 0.1) is 26.2 Å². The standard InChI is InChI=1S/C19H25NO4S/c1-7-20(12(2)3)19(21)16-11-10-15(25-16)13-8-9-14(22-4)18(24-6)17(13)23-5/h8-12H,7H2,1-6H3. The van der Waals surface area contributed by atoms with E-state index in [2.05, 4.69) is 0 Å². The van der Waals surface area contributed by atoms with E-state index in [1.165, 1.54) is 11.3 Å². The van der Waals surface area contributed by atoms with Crippen molar-refractivity contribution >= 4 is 17.2 Å². The van der Waals surface area contributed by atoms with Gasteiger partial charge < -0.3 is 19.1 Å². The number of hydrogen-bond acceptors (Lipinski definition) is 5. The van der Waals surface area contributed by atoms with E-state index in [1.54, 1.807) is 21.3 Å². The van der Waals surface area contributed by atoms with Crippen LogP contribution in [0.4, 0.5) is 0 Å². The zero-order valence-electron chi connectivity index (χ0n) is 15.6. The van der Waals surface area contributed by atoms with Gasteiger partial charge in [-0.15, -0.1) is 11.3 Å². The molecule has 6 heteroatoms. The summed E-state index contributed by atoms with van der Waals surface area (Å²) in [5, 5.41) is 0. The van der Waals surface area contributed by atoms with Gasteiger partial charge in [0.1, 0.15) is 0 Å². The Kier molecular flexibility index (Phi) is 6.31. The molecule has 0 bridgehead atoms. The fourth-order valence-corrected chi connectivity index (χ4v) is 3.76. The molecule has 0 saturated heterocycles. The molecule has 1 heterocycles. The molecule has 1 aromatic carbocycles. The van der Waals surface area contributed by atoms with Crippen LogP contribution in [0.5, 0.6) is 17.2 Å². The number of amides is 1. The molecule has 0 unspecified atom stereocenters. The Morgan fingerprint density at radius 1 is 1.04 bits per heavy atom. The first-order chi connectivity index (χ1) is 12.0. The Balaban J connectivity index is 2.45. The number of carbonyl (C=O) groups is 1. The number of methoxy groups -OCH3 is 3. The molecule has 2 aromatic rings. The summed E-state index contributed by atoms with van der Waals surface area (Å²) < 4.78 is 16.3. The van der Waals surface area contributed by atoms with E-state index >= 15 is 0 Å². The molecular formula is C19H25NO4S. The number of ether oxygens (including phenoxy) is 3. The predicted molar refractivity (Wildman–Crippen MR) is 101 cm³/mol. The first-order valence-corrected chi connectivity index (χ1v) is 9.00. The van der Waals surface area contributed by atoms with E-state index in [4.69, 9.17) is 14.2 Å². The molecule has 0 aliphatic carbocycles. The molecule has 0 radical (unpaired) electrons. The Bertz CT molecular complexity index is 739. The maximum absolute atomic E-state index is 12.7. The maximum Gasteiger partial charge on any atom is 0.264 e. The smallest absolute Gasteiger partial charge is 0.264 e. The lowest BCUT2D eigenvalue weighted by molar-refractivity contribution is 0.0722. The molecule has 0 saturated carbocycles. The second kappa shape index (κ2) is 8.25. The summed E-state index contributed by atoms with van der Waals surface area (Å²) in [7, 11) is 4.76. The van der Waals surface area contributed by atoms with Gasteiger partial charge in [-0.05, 0) is 45.0 Å². The van der Waals surface area contributed by atoms with Crippen molar-refractivity contribution in [2.45, 2.75) is 26.8 Å². The molecule has 0 fully saturated rings. The minimum Gasteiger partial charge on any atom is -0.493 e. The molecule has 0 aliphatic rings. The van der Waals surface area contributed by atoms with Crippen LogP contribution in [-0.4, -0.2) is 44.7 Å². The van der Waals surface area contributed by atoms with Crippen LogP contribution in [0.25, 0.3) is 10.4 Å². The van der Waals surface area contributed by atoms with E-state index in [0.717, 1.165) is 10.4 Å². The minimum atomic E-state index is 0.0493. The van der Waals surface area contributed by atoms with Crippen LogP contribution in [0.1, 0.15) is 30.4 Å². The Morgan fingerprint density at radius 3 is 2.24 bits per heavy atom. The van der Waals surface area contributed by atoms with Gasteiger partial charge in [-0.25, -0.2) is 0 Å². The molecule has 25 heavy (non-hydrogen) atoms. The SMILES string of the molecule is CCN(C(=O)c1ccc(-c2ccc(OC)c(OC)c2OC)s1)C(C)C. The van der Waals surface area contributed by atoms with Crippen LogP contribution >= 0.6 is 11.3 Å². The lowest BCUT2D eigenvalue weighted by Crippen LogP contribution is -2.36. The van der Waals surface area contributed by atoms with E-state index in [1.807, 2.05) is 49.9 Å². The monoisotopic (exact) mass is 363 g/mol. The number of hydrogen-bond donors (Lipinski definition) is 0. The summed E-state index contributed by atoms with van der Waals surface area (Å²) in [6.45, 7) is 6.72. The number of carbonyl (C=O) groups excluding carboxylic acids is 1. The van der Waals surface area contributed by atoms with Crippen LogP contribution in [-0.2, 0) is 0 Å². The fourth-order valence-electron chi connectivity index (χ4n) is 2.78. The molecular weight excluding hydrogens is 338 g/mol. The summed E-state index contributed by atoms with van der Waals surface area (Å²) in [6, 6.07) is 7.72. The van der Waals surface area contributed by atoms with Crippen molar-refractivity contribution in [3.05, 3.63) is 29.1 Å². The van der Waals surface area contributed by atoms with E-state index in [-0.39, 0.29) is 11.9 Å². The van der Waals surface area contributed by atoms with Gasteiger partial charge in [0, 0.05) is 23.0 Å². The topological polar surface area (TPSA) is 48.0 Å². The van der Waals surface area contributed by atoms with Crippen LogP contribution in [0.2, 0.25) is 0 Å². The summed E-state index contributed by atoms with van der Waals surface area (Å²) in [6.07, 6.45) is 0. The van der Waals surface area contributed by atoms with Crippen molar-refractivity contribution in [3.63, 3.8) is 0 Å². The van der Waals surface area contributed by atoms with Gasteiger partial charge >= 0.3 is 0 Å². The molecule has 1 aromatic heterocycles. The van der Waals surface area contributed by atoms with Gasteiger partial charge in [0.15, 0.2) is 11.5 Å². The zero-order valence-corrected chi connectivity index (χ0v) is 16.4. The quantitative estimate of drug-likeness (QED) is 0.735. The largest absolute Gasteiger partial charge is 0.493 e. The van der Waals surface area contributed by atoms with Crippen molar-refractivity contribution in [3.8, 4) is 27.7 Å². The molecule has 1 amide bonds. The first-order valence-electron chi connectivity index (χ1n) is 8.18. The lowest BCUT2D eigenvalue weighted by Gasteiger charge is -2.24. The summed E-state index contributed by atoms with van der Waals surface area (Å²) in [4.78, 5) is 16.2. The van der Waals surface area contributed by atoms with E-state index < -0.39 is 0 Å². The highest BCUT2D eigenvalue weighted by molar-refractivity contribution is 7.17. The van der Waals surface area contributed by atoms with Crippen molar-refractivity contribution in [1.29, 1.82) is 0 Å². The van der Waals surface area contributed by atoms with Crippen LogP contribution < -0.4 is 14.2 Å². The van der Waals surface area contributed by atoms with Crippen LogP contribution in [0.3, 0.4) is 0 Å². The highest BCUT2D eigenvalue weighted by Crippen LogP contribution is 2.45. The molecule has 2 rings (SSSR count). The van der Waals surface area contributed by atoms with Gasteiger partial charge in [-0.1, -0.05) is 0 Å². The average molecular weight is 363 g/mol. The molecule has 136 valence electrons. The first kappa shape index (κ1) is 19.1. The van der Waals surface area contributed by atoms with Crippen molar-refractivity contribution in [2.75, 3.05) is 27.9 Å². The Hall–Kier alpha value is -2.21. The third kappa shape index (κ3) is 3.74. The average Bonchev–Trinajstić information content (AvgIpc) is 3.10. The molecule has 5 nitrogen and oxygen atoms in total. The summed E-state index contributed by atoms with van der Waals surface area (Å²) >= 11 is 1.45. The van der Waals surface area contributed by atoms with Crippen molar-refractivity contribution in [1.82, 2.24) is 4.90 Å². The number of rotatable bonds is 7. The zero-order chi connectivity index (χ0) is 18.6. The molecule has 0 aliphatic heterocycles. The lowest BCUT2D eigenvalue weighted by atomic mass is 10.1. The molecule has 0 N–H and O–H groups in total. The highest BCUT2D eigenvalue weighted by atomic mass is 32.1. The van der Waals surface area contributed by atoms with Crippen molar-refractivity contribution < 1.29 is 19.0 Å². The van der Waals surface area contributed by atoms with E-state index in [9.17, 15) is 4.79 Å². The van der Waals surface area contributed by atoms with Crippen LogP contribution in [0.15, 0.2) is 24.3 Å². The minimum absolute atomic E-state index is 0.0493. The normalized spacial score (nSPS) is 10.7. The maximum atomic E-state index is 12.7. The summed E-state index contributed by atoms with van der Waals surface area (Å²) in [5.41, 5.74) is 0.872. The van der Waals surface area contributed by atoms with Gasteiger partial charge in [0.25, 0.3) is 5.91 Å². The Morgan fingerprint density at radius 2 is 1.72 bits per heavy atom. The third-order valence-corrected chi connectivity index (χ3v) is 5.12. The van der Waals surface area contributed by atoms with Crippen LogP contribution in [0, 0.1) is 0 Å². The molecule has 0 atom stereocenters.